The summed E-state index contributed by atoms with van der Waals surface area (Å²) >= 11 is 0. The van der Waals surface area contributed by atoms with Gasteiger partial charge in [-0.05, 0) is 42.5 Å². The number of nitriles is 1. The highest BCUT2D eigenvalue weighted by Crippen LogP contribution is 2.36. The molecule has 8 rings (SSSR count). The second-order valence-corrected chi connectivity index (χ2v) is 10.4. The lowest BCUT2D eigenvalue weighted by atomic mass is 9.87. The average molecular weight is 508 g/mol. The summed E-state index contributed by atoms with van der Waals surface area (Å²) in [5.41, 5.74) is 5.41. The highest BCUT2D eigenvalue weighted by atomic mass is 16.5. The Balaban J connectivity index is 1.10. The summed E-state index contributed by atoms with van der Waals surface area (Å²) in [4.78, 5) is 18.9. The Morgan fingerprint density at radius 2 is 2.00 bits per heavy atom. The van der Waals surface area contributed by atoms with Crippen molar-refractivity contribution in [2.45, 2.75) is 37.4 Å². The van der Waals surface area contributed by atoms with Gasteiger partial charge in [0.2, 0.25) is 5.88 Å². The summed E-state index contributed by atoms with van der Waals surface area (Å²) in [6.45, 7) is 4.74. The molecule has 0 spiro atoms. The fraction of sp³-hybridized carbons (Fsp3) is 0.393. The van der Waals surface area contributed by atoms with Crippen LogP contribution in [0.4, 0.5) is 5.82 Å². The molecule has 192 valence electrons. The Morgan fingerprint density at radius 3 is 2.68 bits per heavy atom. The molecule has 4 aliphatic heterocycles. The quantitative estimate of drug-likeness (QED) is 0.421. The highest BCUT2D eigenvalue weighted by Gasteiger charge is 2.44. The van der Waals surface area contributed by atoms with Crippen molar-refractivity contribution in [3.05, 3.63) is 65.9 Å². The highest BCUT2D eigenvalue weighted by molar-refractivity contribution is 5.83. The van der Waals surface area contributed by atoms with E-state index in [4.69, 9.17) is 14.7 Å². The molecule has 2 bridgehead atoms. The van der Waals surface area contributed by atoms with Crippen LogP contribution in [0, 0.1) is 11.3 Å². The molecule has 0 aromatic carbocycles. The van der Waals surface area contributed by atoms with Gasteiger partial charge in [0.1, 0.15) is 11.9 Å². The maximum absolute atomic E-state index is 9.69. The monoisotopic (exact) mass is 507 g/mol. The summed E-state index contributed by atoms with van der Waals surface area (Å²) in [7, 11) is 1.64. The van der Waals surface area contributed by atoms with E-state index in [9.17, 15) is 5.26 Å². The Labute approximate surface area is 220 Å². The first-order chi connectivity index (χ1) is 18.7. The third-order valence-electron chi connectivity index (χ3n) is 8.24. The number of ether oxygens (including phenoxy) is 1. The van der Waals surface area contributed by atoms with Crippen LogP contribution in [-0.2, 0) is 6.54 Å². The molecule has 38 heavy (non-hydrogen) atoms. The largest absolute Gasteiger partial charge is 0.481 e. The van der Waals surface area contributed by atoms with Gasteiger partial charge in [-0.3, -0.25) is 9.88 Å². The Bertz CT molecular complexity index is 1490. The second kappa shape index (κ2) is 9.35. The minimum absolute atomic E-state index is 0.428. The molecule has 4 saturated heterocycles. The standard InChI is InChI=1S/C28H29N9O/c1-38-27-3-2-18(9-33-27)14-36-22-7-23(36)17-35(16-22)26-13-31-25(12-32-26)24-6-20(19-4-5-30-10-19)15-37-28(24)21(8-29)11-34-37/h2-3,6,9,11-13,15,19,22-23,30H,4-5,7,10,14,16-17H2,1H3. The minimum Gasteiger partial charge on any atom is -0.481 e. The number of piperazine rings is 1. The van der Waals surface area contributed by atoms with E-state index in [0.29, 0.717) is 29.4 Å². The molecule has 3 unspecified atom stereocenters. The van der Waals surface area contributed by atoms with Gasteiger partial charge in [0.15, 0.2) is 0 Å². The lowest BCUT2D eigenvalue weighted by molar-refractivity contribution is -0.00879. The molecule has 1 N–H and O–H groups in total. The normalized spacial score (nSPS) is 22.8. The van der Waals surface area contributed by atoms with Crippen LogP contribution < -0.4 is 15.0 Å². The van der Waals surface area contributed by atoms with Gasteiger partial charge in [0.25, 0.3) is 0 Å². The molecule has 4 fully saturated rings. The number of anilines is 1. The fourth-order valence-corrected chi connectivity index (χ4v) is 6.17. The van der Waals surface area contributed by atoms with Crippen molar-refractivity contribution in [3.8, 4) is 23.2 Å². The van der Waals surface area contributed by atoms with Gasteiger partial charge < -0.3 is 15.0 Å². The van der Waals surface area contributed by atoms with E-state index in [1.54, 1.807) is 13.3 Å². The van der Waals surface area contributed by atoms with E-state index >= 15 is 0 Å². The van der Waals surface area contributed by atoms with E-state index in [2.05, 4.69) is 43.4 Å². The average Bonchev–Trinajstić information content (AvgIpc) is 3.66. The second-order valence-electron chi connectivity index (χ2n) is 10.4. The van der Waals surface area contributed by atoms with Gasteiger partial charge in [-0.1, -0.05) is 6.07 Å². The molecule has 0 aliphatic carbocycles. The van der Waals surface area contributed by atoms with Crippen LogP contribution in [0.5, 0.6) is 5.88 Å². The van der Waals surface area contributed by atoms with Crippen molar-refractivity contribution in [2.24, 2.45) is 0 Å². The molecule has 3 atom stereocenters. The molecule has 0 radical (unpaired) electrons. The van der Waals surface area contributed by atoms with Crippen molar-refractivity contribution in [2.75, 3.05) is 38.2 Å². The van der Waals surface area contributed by atoms with Crippen LogP contribution in [0.25, 0.3) is 16.8 Å². The summed E-state index contributed by atoms with van der Waals surface area (Å²) in [6.07, 6.45) is 11.6. The summed E-state index contributed by atoms with van der Waals surface area (Å²) in [5, 5.41) is 17.6. The topological polar surface area (TPSA) is 108 Å². The molecular weight excluding hydrogens is 478 g/mol. The number of hydrogen-bond donors (Lipinski definition) is 1. The van der Waals surface area contributed by atoms with Crippen molar-refractivity contribution < 1.29 is 4.74 Å². The number of piperidine rings is 1. The first-order valence-corrected chi connectivity index (χ1v) is 13.1. The van der Waals surface area contributed by atoms with Crippen LogP contribution >= 0.6 is 0 Å². The number of nitrogens with one attached hydrogen (secondary N) is 1. The van der Waals surface area contributed by atoms with Gasteiger partial charge in [0.05, 0.1) is 42.5 Å². The maximum atomic E-state index is 9.69. The van der Waals surface area contributed by atoms with E-state index in [1.807, 2.05) is 35.4 Å². The summed E-state index contributed by atoms with van der Waals surface area (Å²) < 4.78 is 7.00. The van der Waals surface area contributed by atoms with Gasteiger partial charge in [0, 0.05) is 62.3 Å². The van der Waals surface area contributed by atoms with Crippen molar-refractivity contribution >= 4 is 11.3 Å². The number of nitrogens with zero attached hydrogens (tertiary/aromatic N) is 8. The third-order valence-corrected chi connectivity index (χ3v) is 8.24. The molecule has 4 aromatic heterocycles. The first kappa shape index (κ1) is 23.1. The Kier molecular flexibility index (Phi) is 5.68. The molecule has 10 nitrogen and oxygen atoms in total. The Morgan fingerprint density at radius 1 is 1.11 bits per heavy atom. The molecule has 10 heteroatoms. The number of methoxy groups -OCH3 is 1. The van der Waals surface area contributed by atoms with Gasteiger partial charge in [-0.25, -0.2) is 14.5 Å². The zero-order chi connectivity index (χ0) is 25.6. The van der Waals surface area contributed by atoms with E-state index in [1.165, 1.54) is 17.5 Å². The van der Waals surface area contributed by atoms with E-state index in [-0.39, 0.29) is 0 Å². The number of fused-ring (bicyclic) bond motifs is 3. The molecule has 4 aromatic rings. The first-order valence-electron chi connectivity index (χ1n) is 13.1. The summed E-state index contributed by atoms with van der Waals surface area (Å²) in [5.74, 6) is 1.97. The minimum atomic E-state index is 0.428. The molecule has 4 aliphatic rings. The van der Waals surface area contributed by atoms with E-state index in [0.717, 1.165) is 61.7 Å². The predicted octanol–water partition coefficient (Wildman–Crippen LogP) is 2.61. The van der Waals surface area contributed by atoms with Crippen molar-refractivity contribution in [3.63, 3.8) is 0 Å². The van der Waals surface area contributed by atoms with E-state index < -0.39 is 0 Å². The lowest BCUT2D eigenvalue weighted by Gasteiger charge is -2.56. The van der Waals surface area contributed by atoms with Crippen molar-refractivity contribution in [1.82, 2.24) is 34.8 Å². The smallest absolute Gasteiger partial charge is 0.212 e. The van der Waals surface area contributed by atoms with Crippen LogP contribution in [0.15, 0.2) is 49.2 Å². The summed E-state index contributed by atoms with van der Waals surface area (Å²) in [6, 6.07) is 9.46. The zero-order valence-corrected chi connectivity index (χ0v) is 21.3. The van der Waals surface area contributed by atoms with Gasteiger partial charge >= 0.3 is 0 Å². The number of rotatable bonds is 6. The maximum Gasteiger partial charge on any atom is 0.212 e. The number of pyridine rings is 2. The SMILES string of the molecule is COc1ccc(CN2C3CC2CN(c2cnc(-c4cc(C5CCNC5)cn5ncc(C#N)c45)cn2)C3)cn1. The molecular formula is C28H29N9O. The van der Waals surface area contributed by atoms with Crippen molar-refractivity contribution in [1.29, 1.82) is 5.26 Å². The predicted molar refractivity (Wildman–Crippen MR) is 142 cm³/mol. The van der Waals surface area contributed by atoms with Gasteiger partial charge in [-0.2, -0.15) is 10.4 Å². The molecule has 0 amide bonds. The van der Waals surface area contributed by atoms with Crippen LogP contribution in [0.3, 0.4) is 0 Å². The van der Waals surface area contributed by atoms with Crippen LogP contribution in [-0.4, -0.2) is 74.8 Å². The zero-order valence-electron chi connectivity index (χ0n) is 21.3. The number of aromatic nitrogens is 5. The Hall–Kier alpha value is -4.07. The molecule has 0 saturated carbocycles. The van der Waals surface area contributed by atoms with Crippen LogP contribution in [0.2, 0.25) is 0 Å². The van der Waals surface area contributed by atoms with Gasteiger partial charge in [-0.15, -0.1) is 0 Å². The lowest BCUT2D eigenvalue weighted by Crippen LogP contribution is -2.68. The molecule has 8 heterocycles. The van der Waals surface area contributed by atoms with Crippen LogP contribution in [0.1, 0.15) is 35.4 Å². The number of hydrogen-bond acceptors (Lipinski definition) is 9. The fourth-order valence-electron chi connectivity index (χ4n) is 6.17. The third kappa shape index (κ3) is 3.95.